The van der Waals surface area contributed by atoms with Gasteiger partial charge in [-0.25, -0.2) is 0 Å². The van der Waals surface area contributed by atoms with Crippen molar-refractivity contribution in [1.82, 2.24) is 0 Å². The summed E-state index contributed by atoms with van der Waals surface area (Å²) in [6.07, 6.45) is 5.59. The van der Waals surface area contributed by atoms with Crippen LogP contribution in [0.5, 0.6) is 5.75 Å². The van der Waals surface area contributed by atoms with Crippen molar-refractivity contribution < 1.29 is 14.3 Å². The SMILES string of the molecule is COc1ccc(N2C(=O)[C@@H]3[C@H]4C=C[C@@H]([C@@H]5C[C@H]45)[C@@H]3C2=O)cc1. The highest BCUT2D eigenvalue weighted by atomic mass is 16.5. The molecule has 1 heterocycles. The van der Waals surface area contributed by atoms with Crippen LogP contribution in [-0.2, 0) is 9.59 Å². The first-order chi connectivity index (χ1) is 10.7. The molecule has 1 aliphatic heterocycles. The second-order valence-electron chi connectivity index (χ2n) is 6.86. The van der Waals surface area contributed by atoms with Crippen LogP contribution in [0, 0.1) is 35.5 Å². The number of hydrogen-bond acceptors (Lipinski definition) is 3. The molecule has 0 unspecified atom stereocenters. The summed E-state index contributed by atoms with van der Waals surface area (Å²) in [6, 6.07) is 7.18. The van der Waals surface area contributed by atoms with Gasteiger partial charge in [0.2, 0.25) is 11.8 Å². The number of imide groups is 1. The summed E-state index contributed by atoms with van der Waals surface area (Å²) < 4.78 is 5.15. The van der Waals surface area contributed by atoms with Gasteiger partial charge in [-0.05, 0) is 54.4 Å². The minimum atomic E-state index is -0.131. The maximum Gasteiger partial charge on any atom is 0.238 e. The van der Waals surface area contributed by atoms with Crippen LogP contribution < -0.4 is 9.64 Å². The van der Waals surface area contributed by atoms with E-state index in [1.165, 1.54) is 11.3 Å². The first-order valence-corrected chi connectivity index (χ1v) is 7.91. The molecule has 2 amide bonds. The van der Waals surface area contributed by atoms with Crippen molar-refractivity contribution >= 4 is 17.5 Å². The highest BCUT2D eigenvalue weighted by Gasteiger charge is 2.67. The Labute approximate surface area is 128 Å². The molecular formula is C18H17NO3. The summed E-state index contributed by atoms with van der Waals surface area (Å²) in [4.78, 5) is 27.2. The molecule has 1 saturated heterocycles. The molecule has 6 rings (SSSR count). The van der Waals surface area contributed by atoms with Crippen molar-refractivity contribution in [3.05, 3.63) is 36.4 Å². The molecule has 1 aromatic rings. The van der Waals surface area contributed by atoms with Crippen LogP contribution in [0.4, 0.5) is 5.69 Å². The zero-order valence-corrected chi connectivity index (χ0v) is 12.3. The average Bonchev–Trinajstić information content (AvgIpc) is 3.32. The minimum Gasteiger partial charge on any atom is -0.497 e. The summed E-state index contributed by atoms with van der Waals surface area (Å²) in [5.74, 6) is 2.28. The molecule has 4 heteroatoms. The quantitative estimate of drug-likeness (QED) is 0.621. The van der Waals surface area contributed by atoms with Gasteiger partial charge in [0.05, 0.1) is 24.6 Å². The fourth-order valence-corrected chi connectivity index (χ4v) is 4.94. The molecule has 5 aliphatic rings. The smallest absolute Gasteiger partial charge is 0.238 e. The van der Waals surface area contributed by atoms with Gasteiger partial charge in [-0.1, -0.05) is 12.2 Å². The van der Waals surface area contributed by atoms with Crippen molar-refractivity contribution in [2.24, 2.45) is 35.5 Å². The van der Waals surface area contributed by atoms with E-state index in [0.717, 1.165) is 5.75 Å². The fraction of sp³-hybridized carbons (Fsp3) is 0.444. The third kappa shape index (κ3) is 1.38. The number of carbonyl (C=O) groups excluding carboxylic acids is 2. The molecule has 6 atom stereocenters. The molecule has 112 valence electrons. The number of methoxy groups -OCH3 is 1. The molecule has 22 heavy (non-hydrogen) atoms. The van der Waals surface area contributed by atoms with Gasteiger partial charge in [0, 0.05) is 0 Å². The minimum absolute atomic E-state index is 0.00938. The molecule has 0 spiro atoms. The number of benzene rings is 1. The maximum atomic E-state index is 12.9. The van der Waals surface area contributed by atoms with Crippen LogP contribution in [0.2, 0.25) is 0 Å². The molecule has 4 aliphatic carbocycles. The summed E-state index contributed by atoms with van der Waals surface area (Å²) in [6.45, 7) is 0. The van der Waals surface area contributed by atoms with Crippen LogP contribution >= 0.6 is 0 Å². The van der Waals surface area contributed by atoms with Crippen molar-refractivity contribution in [3.63, 3.8) is 0 Å². The molecule has 1 aromatic carbocycles. The third-order valence-electron chi connectivity index (χ3n) is 5.99. The predicted octanol–water partition coefficient (Wildman–Crippen LogP) is 2.25. The highest BCUT2D eigenvalue weighted by molar-refractivity contribution is 6.22. The van der Waals surface area contributed by atoms with Gasteiger partial charge in [-0.2, -0.15) is 0 Å². The van der Waals surface area contributed by atoms with E-state index < -0.39 is 0 Å². The fourth-order valence-electron chi connectivity index (χ4n) is 4.94. The Morgan fingerprint density at radius 3 is 2.00 bits per heavy atom. The van der Waals surface area contributed by atoms with Crippen molar-refractivity contribution in [2.75, 3.05) is 12.0 Å². The van der Waals surface area contributed by atoms with Gasteiger partial charge >= 0.3 is 0 Å². The molecule has 0 aromatic heterocycles. The standard InChI is InChI=1S/C18H17NO3/c1-22-10-4-2-9(3-5-10)19-17(20)15-11-6-7-12(14-8-13(11)14)16(15)18(19)21/h2-7,11-16H,8H2,1H3/t11-,12-,13-,14+,15-,16+/m0/s1. The van der Waals surface area contributed by atoms with Crippen LogP contribution in [-0.4, -0.2) is 18.9 Å². The number of ether oxygens (including phenoxy) is 1. The number of rotatable bonds is 2. The Kier molecular flexibility index (Phi) is 2.26. The first kappa shape index (κ1) is 12.4. The predicted molar refractivity (Wildman–Crippen MR) is 80.2 cm³/mol. The monoisotopic (exact) mass is 295 g/mol. The Bertz CT molecular complexity index is 672. The van der Waals surface area contributed by atoms with Gasteiger partial charge in [0.15, 0.2) is 0 Å². The second kappa shape index (κ2) is 4.00. The Morgan fingerprint density at radius 1 is 0.955 bits per heavy atom. The van der Waals surface area contributed by atoms with E-state index in [1.807, 2.05) is 0 Å². The van der Waals surface area contributed by atoms with E-state index in [0.29, 0.717) is 17.5 Å². The maximum absolute atomic E-state index is 12.9. The number of amides is 2. The molecule has 2 bridgehead atoms. The number of allylic oxidation sites excluding steroid dienone is 2. The molecule has 0 N–H and O–H groups in total. The molecule has 0 radical (unpaired) electrons. The van der Waals surface area contributed by atoms with E-state index in [4.69, 9.17) is 4.74 Å². The van der Waals surface area contributed by atoms with Gasteiger partial charge < -0.3 is 4.74 Å². The Morgan fingerprint density at radius 2 is 1.50 bits per heavy atom. The lowest BCUT2D eigenvalue weighted by Gasteiger charge is -2.37. The average molecular weight is 295 g/mol. The summed E-state index contributed by atoms with van der Waals surface area (Å²) in [7, 11) is 1.60. The lowest BCUT2D eigenvalue weighted by Crippen LogP contribution is -2.40. The van der Waals surface area contributed by atoms with E-state index in [9.17, 15) is 9.59 Å². The van der Waals surface area contributed by atoms with Crippen LogP contribution in [0.3, 0.4) is 0 Å². The molecular weight excluding hydrogens is 278 g/mol. The zero-order valence-electron chi connectivity index (χ0n) is 12.3. The first-order valence-electron chi connectivity index (χ1n) is 7.91. The zero-order chi connectivity index (χ0) is 15.0. The number of carbonyl (C=O) groups is 2. The van der Waals surface area contributed by atoms with E-state index in [-0.39, 0.29) is 35.5 Å². The van der Waals surface area contributed by atoms with Crippen LogP contribution in [0.1, 0.15) is 6.42 Å². The lowest BCUT2D eigenvalue weighted by atomic mass is 9.63. The van der Waals surface area contributed by atoms with Crippen molar-refractivity contribution in [3.8, 4) is 5.75 Å². The van der Waals surface area contributed by atoms with Crippen LogP contribution in [0.25, 0.3) is 0 Å². The van der Waals surface area contributed by atoms with Gasteiger partial charge in [0.1, 0.15) is 5.75 Å². The topological polar surface area (TPSA) is 46.6 Å². The molecule has 4 nitrogen and oxygen atoms in total. The number of nitrogens with zero attached hydrogens (tertiary/aromatic N) is 1. The lowest BCUT2D eigenvalue weighted by molar-refractivity contribution is -0.124. The summed E-state index contributed by atoms with van der Waals surface area (Å²) >= 11 is 0. The van der Waals surface area contributed by atoms with Crippen LogP contribution in [0.15, 0.2) is 36.4 Å². The van der Waals surface area contributed by atoms with Gasteiger partial charge in [-0.15, -0.1) is 0 Å². The second-order valence-corrected chi connectivity index (χ2v) is 6.86. The normalized spacial score (nSPS) is 40.7. The van der Waals surface area contributed by atoms with Gasteiger partial charge in [-0.3, -0.25) is 14.5 Å². The molecule has 3 fully saturated rings. The number of anilines is 1. The van der Waals surface area contributed by atoms with E-state index in [2.05, 4.69) is 12.2 Å². The third-order valence-corrected chi connectivity index (χ3v) is 5.99. The Hall–Kier alpha value is -2.10. The molecule has 2 saturated carbocycles. The van der Waals surface area contributed by atoms with Gasteiger partial charge in [0.25, 0.3) is 0 Å². The van der Waals surface area contributed by atoms with Crippen molar-refractivity contribution in [1.29, 1.82) is 0 Å². The number of hydrogen-bond donors (Lipinski definition) is 0. The van der Waals surface area contributed by atoms with Crippen molar-refractivity contribution in [2.45, 2.75) is 6.42 Å². The summed E-state index contributed by atoms with van der Waals surface area (Å²) in [5.41, 5.74) is 0.665. The Balaban J connectivity index is 1.54. The highest BCUT2D eigenvalue weighted by Crippen LogP contribution is 2.65. The van der Waals surface area contributed by atoms with E-state index >= 15 is 0 Å². The largest absolute Gasteiger partial charge is 0.497 e. The van der Waals surface area contributed by atoms with E-state index in [1.54, 1.807) is 31.4 Å². The summed E-state index contributed by atoms with van der Waals surface area (Å²) in [5, 5.41) is 0.